The van der Waals surface area contributed by atoms with Crippen LogP contribution >= 0.6 is 0 Å². The fourth-order valence-electron chi connectivity index (χ4n) is 4.72. The number of nitrogens with zero attached hydrogens (tertiary/aromatic N) is 2. The fourth-order valence-corrected chi connectivity index (χ4v) is 4.72. The predicted octanol–water partition coefficient (Wildman–Crippen LogP) is 5.48. The number of likely N-dealkylation sites (N-methyl/N-ethyl adjacent to an activating group) is 1. The first-order valence-electron chi connectivity index (χ1n) is 12.9. The van der Waals surface area contributed by atoms with Crippen LogP contribution in [-0.4, -0.2) is 52.8 Å². The highest BCUT2D eigenvalue weighted by atomic mass is 19.1. The van der Waals surface area contributed by atoms with E-state index < -0.39 is 23.5 Å². The molecule has 1 atom stereocenters. The molecule has 1 amide bonds. The van der Waals surface area contributed by atoms with E-state index in [1.807, 2.05) is 45.0 Å². The van der Waals surface area contributed by atoms with E-state index in [-0.39, 0.29) is 23.4 Å². The van der Waals surface area contributed by atoms with Crippen molar-refractivity contribution in [1.82, 2.24) is 9.80 Å². The van der Waals surface area contributed by atoms with E-state index >= 15 is 0 Å². The highest BCUT2D eigenvalue weighted by Gasteiger charge is 2.46. The molecule has 0 radical (unpaired) electrons. The lowest BCUT2D eigenvalue weighted by Crippen LogP contribution is -2.38. The van der Waals surface area contributed by atoms with Gasteiger partial charge in [0.05, 0.1) is 11.6 Å². The Morgan fingerprint density at radius 1 is 0.974 bits per heavy atom. The lowest BCUT2D eigenvalue weighted by molar-refractivity contribution is -0.140. The SMILES string of the molecule is CCN(CC)CCN1C(=O)C(=O)C(=C(O)c2ccc(OCc3ccccc3C)cc2)C1c1ccccc1F. The maximum Gasteiger partial charge on any atom is 0.295 e. The highest BCUT2D eigenvalue weighted by molar-refractivity contribution is 6.46. The molecule has 1 fully saturated rings. The van der Waals surface area contributed by atoms with Crippen LogP contribution in [0.2, 0.25) is 0 Å². The number of likely N-dealkylation sites (tertiary alicyclic amines) is 1. The standard InChI is InChI=1S/C31H33FN2O4/c1-4-33(5-2)18-19-34-28(25-12-8-9-13-26(25)32)27(30(36)31(34)37)29(35)22-14-16-24(17-15-22)38-20-23-11-7-6-10-21(23)3/h6-17,28,35H,4-5,18-20H2,1-3H3. The lowest BCUT2D eigenvalue weighted by Gasteiger charge is -2.28. The number of halogens is 1. The average Bonchev–Trinajstić information content (AvgIpc) is 3.18. The summed E-state index contributed by atoms with van der Waals surface area (Å²) >= 11 is 0. The van der Waals surface area contributed by atoms with E-state index in [4.69, 9.17) is 4.74 Å². The molecule has 1 N–H and O–H groups in total. The van der Waals surface area contributed by atoms with Crippen LogP contribution in [0, 0.1) is 12.7 Å². The molecule has 0 saturated carbocycles. The number of amides is 1. The topological polar surface area (TPSA) is 70.1 Å². The molecule has 4 rings (SSSR count). The van der Waals surface area contributed by atoms with Gasteiger partial charge in [0.2, 0.25) is 0 Å². The first-order valence-corrected chi connectivity index (χ1v) is 12.9. The van der Waals surface area contributed by atoms with Gasteiger partial charge in [-0.3, -0.25) is 9.59 Å². The zero-order valence-electron chi connectivity index (χ0n) is 22.0. The van der Waals surface area contributed by atoms with E-state index in [0.717, 1.165) is 24.2 Å². The number of hydrogen-bond donors (Lipinski definition) is 1. The Morgan fingerprint density at radius 3 is 2.29 bits per heavy atom. The van der Waals surface area contributed by atoms with Crippen LogP contribution < -0.4 is 4.74 Å². The number of rotatable bonds is 10. The third kappa shape index (κ3) is 5.63. The van der Waals surface area contributed by atoms with Gasteiger partial charge in [-0.2, -0.15) is 0 Å². The summed E-state index contributed by atoms with van der Waals surface area (Å²) < 4.78 is 20.9. The Bertz CT molecular complexity index is 1330. The fraction of sp³-hybridized carbons (Fsp3) is 0.290. The van der Waals surface area contributed by atoms with Crippen molar-refractivity contribution in [2.24, 2.45) is 0 Å². The lowest BCUT2D eigenvalue weighted by atomic mass is 9.95. The van der Waals surface area contributed by atoms with Gasteiger partial charge in [-0.25, -0.2) is 4.39 Å². The molecule has 1 unspecified atom stereocenters. The van der Waals surface area contributed by atoms with Gasteiger partial charge >= 0.3 is 0 Å². The van der Waals surface area contributed by atoms with Gasteiger partial charge in [-0.15, -0.1) is 0 Å². The largest absolute Gasteiger partial charge is 0.507 e. The van der Waals surface area contributed by atoms with Crippen molar-refractivity contribution in [1.29, 1.82) is 0 Å². The molecule has 38 heavy (non-hydrogen) atoms. The number of aryl methyl sites for hydroxylation is 1. The zero-order valence-corrected chi connectivity index (χ0v) is 22.0. The first kappa shape index (κ1) is 27.1. The molecule has 3 aromatic carbocycles. The Hall–Kier alpha value is -3.97. The summed E-state index contributed by atoms with van der Waals surface area (Å²) in [6.45, 7) is 8.75. The normalized spacial score (nSPS) is 16.9. The molecule has 1 saturated heterocycles. The van der Waals surface area contributed by atoms with E-state index in [9.17, 15) is 19.1 Å². The molecule has 0 aliphatic carbocycles. The molecule has 0 spiro atoms. The molecule has 7 heteroatoms. The molecule has 0 bridgehead atoms. The van der Waals surface area contributed by atoms with Gasteiger partial charge in [0, 0.05) is 24.2 Å². The summed E-state index contributed by atoms with van der Waals surface area (Å²) in [7, 11) is 0. The van der Waals surface area contributed by atoms with Crippen molar-refractivity contribution in [3.05, 3.63) is 106 Å². The Morgan fingerprint density at radius 2 is 1.63 bits per heavy atom. The molecule has 1 heterocycles. The third-order valence-electron chi connectivity index (χ3n) is 7.07. The number of aliphatic hydroxyl groups excluding tert-OH is 1. The summed E-state index contributed by atoms with van der Waals surface area (Å²) in [5.74, 6) is -1.86. The minimum absolute atomic E-state index is 0.117. The molecule has 6 nitrogen and oxygen atoms in total. The van der Waals surface area contributed by atoms with Gasteiger partial charge in [0.25, 0.3) is 11.7 Å². The number of aliphatic hydroxyl groups is 1. The smallest absolute Gasteiger partial charge is 0.295 e. The number of ether oxygens (including phenoxy) is 1. The van der Waals surface area contributed by atoms with E-state index in [1.54, 1.807) is 42.5 Å². The minimum Gasteiger partial charge on any atom is -0.507 e. The monoisotopic (exact) mass is 516 g/mol. The number of carbonyl (C=O) groups excluding carboxylic acids is 2. The van der Waals surface area contributed by atoms with Gasteiger partial charge in [0.1, 0.15) is 23.9 Å². The van der Waals surface area contributed by atoms with Crippen molar-refractivity contribution in [2.45, 2.75) is 33.4 Å². The van der Waals surface area contributed by atoms with Crippen LogP contribution in [0.15, 0.2) is 78.4 Å². The molecular weight excluding hydrogens is 483 g/mol. The summed E-state index contributed by atoms with van der Waals surface area (Å²) in [6.07, 6.45) is 0. The summed E-state index contributed by atoms with van der Waals surface area (Å²) in [5, 5.41) is 11.3. The van der Waals surface area contributed by atoms with Crippen LogP contribution in [0.5, 0.6) is 5.75 Å². The zero-order chi connectivity index (χ0) is 27.2. The number of Topliss-reactive ketones (excluding diaryl/α,β-unsaturated/α-hetero) is 1. The number of benzene rings is 3. The van der Waals surface area contributed by atoms with Crippen LogP contribution in [0.1, 0.15) is 42.1 Å². The van der Waals surface area contributed by atoms with Crippen molar-refractivity contribution in [3.8, 4) is 5.75 Å². The van der Waals surface area contributed by atoms with Gasteiger partial charge < -0.3 is 19.6 Å². The van der Waals surface area contributed by atoms with E-state index in [1.165, 1.54) is 11.0 Å². The number of hydrogen-bond acceptors (Lipinski definition) is 5. The Labute approximate surface area is 223 Å². The van der Waals surface area contributed by atoms with E-state index in [2.05, 4.69) is 4.90 Å². The molecule has 1 aliphatic rings. The molecule has 3 aromatic rings. The number of carbonyl (C=O) groups is 2. The van der Waals surface area contributed by atoms with Crippen molar-refractivity contribution >= 4 is 17.4 Å². The minimum atomic E-state index is -1.02. The number of ketones is 1. The maximum absolute atomic E-state index is 15.0. The maximum atomic E-state index is 15.0. The molecule has 0 aromatic heterocycles. The Balaban J connectivity index is 1.65. The van der Waals surface area contributed by atoms with Crippen LogP contribution in [0.3, 0.4) is 0 Å². The third-order valence-corrected chi connectivity index (χ3v) is 7.07. The second kappa shape index (κ2) is 12.0. The molecule has 198 valence electrons. The van der Waals surface area contributed by atoms with Gasteiger partial charge in [-0.05, 0) is 61.5 Å². The second-order valence-electron chi connectivity index (χ2n) is 9.28. The summed E-state index contributed by atoms with van der Waals surface area (Å²) in [6, 6.07) is 19.6. The van der Waals surface area contributed by atoms with E-state index in [0.29, 0.717) is 24.5 Å². The van der Waals surface area contributed by atoms with Gasteiger partial charge in [0.15, 0.2) is 0 Å². The summed E-state index contributed by atoms with van der Waals surface area (Å²) in [5.41, 5.74) is 2.59. The van der Waals surface area contributed by atoms with Crippen molar-refractivity contribution in [2.75, 3.05) is 26.2 Å². The van der Waals surface area contributed by atoms with Crippen molar-refractivity contribution < 1.29 is 23.8 Å². The van der Waals surface area contributed by atoms with Crippen LogP contribution in [-0.2, 0) is 16.2 Å². The quantitative estimate of drug-likeness (QED) is 0.220. The second-order valence-corrected chi connectivity index (χ2v) is 9.28. The highest BCUT2D eigenvalue weighted by Crippen LogP contribution is 2.40. The first-order chi connectivity index (χ1) is 18.3. The predicted molar refractivity (Wildman–Crippen MR) is 145 cm³/mol. The van der Waals surface area contributed by atoms with Crippen LogP contribution in [0.25, 0.3) is 5.76 Å². The molecule has 1 aliphatic heterocycles. The average molecular weight is 517 g/mol. The molecular formula is C31H33FN2O4. The van der Waals surface area contributed by atoms with Crippen molar-refractivity contribution in [3.63, 3.8) is 0 Å². The van der Waals surface area contributed by atoms with Crippen LogP contribution in [0.4, 0.5) is 4.39 Å². The summed E-state index contributed by atoms with van der Waals surface area (Å²) in [4.78, 5) is 29.8. The van der Waals surface area contributed by atoms with Gasteiger partial charge in [-0.1, -0.05) is 56.3 Å². The Kier molecular flexibility index (Phi) is 8.59.